The molecule has 0 aliphatic heterocycles. The minimum absolute atomic E-state index is 0.0389. The minimum atomic E-state index is -0.408. The zero-order chi connectivity index (χ0) is 15.5. The second-order valence-corrected chi connectivity index (χ2v) is 6.59. The van der Waals surface area contributed by atoms with Crippen LogP contribution in [0.1, 0.15) is 42.6 Å². The molecular weight excluding hydrogens is 300 g/mol. The maximum absolute atomic E-state index is 12.3. The lowest BCUT2D eigenvalue weighted by Crippen LogP contribution is -2.38. The van der Waals surface area contributed by atoms with E-state index in [0.29, 0.717) is 5.69 Å². The first kappa shape index (κ1) is 15.1. The van der Waals surface area contributed by atoms with Crippen LogP contribution in [-0.2, 0) is 16.1 Å². The van der Waals surface area contributed by atoms with Crippen LogP contribution in [0.25, 0.3) is 10.2 Å². The van der Waals surface area contributed by atoms with Gasteiger partial charge in [-0.15, -0.1) is 11.3 Å². The summed E-state index contributed by atoms with van der Waals surface area (Å²) in [7, 11) is 1.36. The van der Waals surface area contributed by atoms with Crippen LogP contribution < -0.4 is 5.32 Å². The Morgan fingerprint density at radius 3 is 2.86 bits per heavy atom. The molecule has 0 unspecified atom stereocenters. The molecule has 3 rings (SSSR count). The number of thiophene rings is 1. The molecule has 2 aromatic rings. The normalized spacial score (nSPS) is 15.9. The molecule has 0 radical (unpaired) electrons. The summed E-state index contributed by atoms with van der Waals surface area (Å²) in [4.78, 5) is 25.2. The smallest absolute Gasteiger partial charge is 0.354 e. The van der Waals surface area contributed by atoms with Crippen LogP contribution in [0, 0.1) is 0 Å². The molecule has 5 nitrogen and oxygen atoms in total. The van der Waals surface area contributed by atoms with E-state index in [9.17, 15) is 9.59 Å². The summed E-state index contributed by atoms with van der Waals surface area (Å²) in [6.45, 7) is 0.158. The number of amides is 1. The molecule has 2 aromatic heterocycles. The Kier molecular flexibility index (Phi) is 4.47. The fraction of sp³-hybridized carbons (Fsp3) is 0.500. The SMILES string of the molecule is COC(=O)c1cc2ccsc2n1CC(=O)NC1CCCCC1. The van der Waals surface area contributed by atoms with Crippen LogP contribution in [0.5, 0.6) is 0 Å². The summed E-state index contributed by atoms with van der Waals surface area (Å²) in [6, 6.07) is 4.00. The van der Waals surface area contributed by atoms with Gasteiger partial charge >= 0.3 is 5.97 Å². The Bertz CT molecular complexity index is 683. The van der Waals surface area contributed by atoms with Gasteiger partial charge in [-0.2, -0.15) is 0 Å². The molecule has 1 aliphatic carbocycles. The third kappa shape index (κ3) is 3.02. The van der Waals surface area contributed by atoms with Crippen molar-refractivity contribution in [3.8, 4) is 0 Å². The van der Waals surface area contributed by atoms with Gasteiger partial charge in [0.15, 0.2) is 0 Å². The first-order valence-corrected chi connectivity index (χ1v) is 8.51. The summed E-state index contributed by atoms with van der Waals surface area (Å²) in [5.74, 6) is -0.447. The number of rotatable bonds is 4. The van der Waals surface area contributed by atoms with Crippen molar-refractivity contribution >= 4 is 33.4 Å². The highest BCUT2D eigenvalue weighted by Gasteiger charge is 2.21. The highest BCUT2D eigenvalue weighted by atomic mass is 32.1. The van der Waals surface area contributed by atoms with Crippen LogP contribution in [0.4, 0.5) is 0 Å². The van der Waals surface area contributed by atoms with Gasteiger partial charge in [0, 0.05) is 11.4 Å². The molecule has 0 spiro atoms. The van der Waals surface area contributed by atoms with E-state index in [0.717, 1.165) is 23.1 Å². The predicted molar refractivity (Wildman–Crippen MR) is 86.2 cm³/mol. The first-order chi connectivity index (χ1) is 10.7. The number of ether oxygens (including phenoxy) is 1. The maximum Gasteiger partial charge on any atom is 0.354 e. The predicted octanol–water partition coefficient (Wildman–Crippen LogP) is 2.94. The zero-order valence-corrected chi connectivity index (χ0v) is 13.4. The van der Waals surface area contributed by atoms with E-state index in [-0.39, 0.29) is 18.5 Å². The van der Waals surface area contributed by atoms with Crippen molar-refractivity contribution < 1.29 is 14.3 Å². The van der Waals surface area contributed by atoms with Crippen LogP contribution in [0.2, 0.25) is 0 Å². The molecule has 1 aliphatic rings. The van der Waals surface area contributed by atoms with Crippen molar-refractivity contribution in [2.45, 2.75) is 44.7 Å². The molecule has 1 saturated carbocycles. The number of esters is 1. The molecule has 2 heterocycles. The van der Waals surface area contributed by atoms with Gasteiger partial charge in [-0.25, -0.2) is 4.79 Å². The Morgan fingerprint density at radius 1 is 1.36 bits per heavy atom. The van der Waals surface area contributed by atoms with Gasteiger partial charge in [0.05, 0.1) is 7.11 Å². The molecule has 0 atom stereocenters. The second kappa shape index (κ2) is 6.52. The van der Waals surface area contributed by atoms with Gasteiger partial charge in [0.1, 0.15) is 17.1 Å². The number of aromatic nitrogens is 1. The molecule has 0 aromatic carbocycles. The molecule has 6 heteroatoms. The monoisotopic (exact) mass is 320 g/mol. The Hall–Kier alpha value is -1.82. The molecule has 118 valence electrons. The summed E-state index contributed by atoms with van der Waals surface area (Å²) in [5, 5.41) is 6.02. The standard InChI is InChI=1S/C16H20N2O3S/c1-21-16(20)13-9-11-7-8-22-15(11)18(13)10-14(19)17-12-5-3-2-4-6-12/h7-9,12H,2-6,10H2,1H3,(H,17,19). The summed E-state index contributed by atoms with van der Waals surface area (Å²) in [6.07, 6.45) is 5.71. The summed E-state index contributed by atoms with van der Waals surface area (Å²) >= 11 is 1.53. The van der Waals surface area contributed by atoms with E-state index in [1.54, 1.807) is 10.6 Å². The van der Waals surface area contributed by atoms with E-state index in [1.165, 1.54) is 37.7 Å². The first-order valence-electron chi connectivity index (χ1n) is 7.63. The number of carbonyl (C=O) groups excluding carboxylic acids is 2. The Labute approximate surface area is 133 Å². The van der Waals surface area contributed by atoms with Crippen LogP contribution in [0.15, 0.2) is 17.5 Å². The quantitative estimate of drug-likeness (QED) is 0.881. The third-order valence-electron chi connectivity index (χ3n) is 4.17. The van der Waals surface area contributed by atoms with E-state index >= 15 is 0 Å². The molecule has 1 fully saturated rings. The van der Waals surface area contributed by atoms with Gasteiger partial charge in [-0.3, -0.25) is 4.79 Å². The fourth-order valence-corrected chi connectivity index (χ4v) is 3.97. The number of nitrogens with one attached hydrogen (secondary N) is 1. The van der Waals surface area contributed by atoms with Gasteiger partial charge in [0.25, 0.3) is 0 Å². The molecular formula is C16H20N2O3S. The summed E-state index contributed by atoms with van der Waals surface area (Å²) < 4.78 is 6.57. The third-order valence-corrected chi connectivity index (χ3v) is 5.12. The van der Waals surface area contributed by atoms with E-state index < -0.39 is 5.97 Å². The Balaban J connectivity index is 1.78. The molecule has 1 amide bonds. The van der Waals surface area contributed by atoms with Gasteiger partial charge < -0.3 is 14.6 Å². The average Bonchev–Trinajstić information content (AvgIpc) is 3.10. The second-order valence-electron chi connectivity index (χ2n) is 5.69. The van der Waals surface area contributed by atoms with Gasteiger partial charge in [0.2, 0.25) is 5.91 Å². The highest BCUT2D eigenvalue weighted by Crippen LogP contribution is 2.26. The average molecular weight is 320 g/mol. The summed E-state index contributed by atoms with van der Waals surface area (Å²) in [5.41, 5.74) is 0.433. The maximum atomic E-state index is 12.3. The van der Waals surface area contributed by atoms with Gasteiger partial charge in [-0.05, 0) is 30.4 Å². The number of carbonyl (C=O) groups is 2. The fourth-order valence-electron chi connectivity index (χ4n) is 3.07. The van der Waals surface area contributed by atoms with Crippen LogP contribution in [0.3, 0.4) is 0 Å². The van der Waals surface area contributed by atoms with Crippen LogP contribution >= 0.6 is 11.3 Å². The molecule has 22 heavy (non-hydrogen) atoms. The van der Waals surface area contributed by atoms with Crippen molar-refractivity contribution in [3.63, 3.8) is 0 Å². The van der Waals surface area contributed by atoms with Crippen LogP contribution in [-0.4, -0.2) is 29.6 Å². The van der Waals surface area contributed by atoms with E-state index in [4.69, 9.17) is 4.74 Å². The van der Waals surface area contributed by atoms with Crippen molar-refractivity contribution in [3.05, 3.63) is 23.2 Å². The van der Waals surface area contributed by atoms with Crippen molar-refractivity contribution in [2.75, 3.05) is 7.11 Å². The number of fused-ring (bicyclic) bond motifs is 1. The number of hydrogen-bond donors (Lipinski definition) is 1. The molecule has 0 bridgehead atoms. The topological polar surface area (TPSA) is 60.3 Å². The number of methoxy groups -OCH3 is 1. The lowest BCUT2D eigenvalue weighted by atomic mass is 9.95. The van der Waals surface area contributed by atoms with Gasteiger partial charge in [-0.1, -0.05) is 19.3 Å². The lowest BCUT2D eigenvalue weighted by Gasteiger charge is -2.23. The van der Waals surface area contributed by atoms with Crippen molar-refractivity contribution in [1.29, 1.82) is 0 Å². The van der Waals surface area contributed by atoms with Crippen molar-refractivity contribution in [1.82, 2.24) is 9.88 Å². The minimum Gasteiger partial charge on any atom is -0.464 e. The number of nitrogens with zero attached hydrogens (tertiary/aromatic N) is 1. The number of hydrogen-bond acceptors (Lipinski definition) is 4. The molecule has 0 saturated heterocycles. The van der Waals surface area contributed by atoms with E-state index in [1.807, 2.05) is 11.4 Å². The van der Waals surface area contributed by atoms with Crippen molar-refractivity contribution in [2.24, 2.45) is 0 Å². The largest absolute Gasteiger partial charge is 0.464 e. The van der Waals surface area contributed by atoms with E-state index in [2.05, 4.69) is 5.32 Å². The zero-order valence-electron chi connectivity index (χ0n) is 12.6. The molecule has 1 N–H and O–H groups in total. The lowest BCUT2D eigenvalue weighted by molar-refractivity contribution is -0.122. The Morgan fingerprint density at radius 2 is 2.14 bits per heavy atom. The highest BCUT2D eigenvalue weighted by molar-refractivity contribution is 7.16.